The minimum atomic E-state index is -0.253. The van der Waals surface area contributed by atoms with Crippen LogP contribution in [0, 0.1) is 6.92 Å². The summed E-state index contributed by atoms with van der Waals surface area (Å²) < 4.78 is 9.98. The average Bonchev–Trinajstić information content (AvgIpc) is 2.16. The van der Waals surface area contributed by atoms with Crippen LogP contribution in [0.5, 0.6) is 11.5 Å². The summed E-state index contributed by atoms with van der Waals surface area (Å²) in [4.78, 5) is 11.0. The minimum absolute atomic E-state index is 0.253. The molecule has 0 bridgehead atoms. The molecule has 0 saturated carbocycles. The Kier molecular flexibility index (Phi) is 2.90. The Balaban J connectivity index is 3.14. The molecular weight excluding hydrogens is 168 g/mol. The highest BCUT2D eigenvalue weighted by molar-refractivity contribution is 5.99. The largest absolute Gasteiger partial charge is 0.497 e. The molecule has 0 aliphatic rings. The number of hydrogen-bond donors (Lipinski definition) is 0. The summed E-state index contributed by atoms with van der Waals surface area (Å²) in [6.45, 7) is 3.31. The molecular formula is C10H11O3. The summed E-state index contributed by atoms with van der Waals surface area (Å²) in [7, 11) is 3.07. The minimum Gasteiger partial charge on any atom is -0.497 e. The lowest BCUT2D eigenvalue weighted by Gasteiger charge is -2.05. The molecule has 3 nitrogen and oxygen atoms in total. The molecule has 1 radical (unpaired) electrons. The summed E-state index contributed by atoms with van der Waals surface area (Å²) in [5, 5.41) is 0. The van der Waals surface area contributed by atoms with E-state index in [0.717, 1.165) is 0 Å². The zero-order chi connectivity index (χ0) is 9.84. The van der Waals surface area contributed by atoms with Crippen LogP contribution in [0.25, 0.3) is 0 Å². The Morgan fingerprint density at radius 1 is 1.15 bits per heavy atom. The predicted molar refractivity (Wildman–Crippen MR) is 49.2 cm³/mol. The molecule has 69 valence electrons. The Morgan fingerprint density at radius 3 is 1.92 bits per heavy atom. The molecule has 0 unspecified atom stereocenters. The highest BCUT2D eigenvalue weighted by atomic mass is 16.5. The van der Waals surface area contributed by atoms with E-state index in [0.29, 0.717) is 17.1 Å². The van der Waals surface area contributed by atoms with Crippen LogP contribution in [-0.4, -0.2) is 20.0 Å². The van der Waals surface area contributed by atoms with E-state index in [1.165, 1.54) is 14.2 Å². The SMILES string of the molecule is [CH2]C(=O)c1cc(OC)cc(OC)c1. The third-order valence-electron chi connectivity index (χ3n) is 1.67. The molecule has 0 N–H and O–H groups in total. The second kappa shape index (κ2) is 3.94. The van der Waals surface area contributed by atoms with Crippen molar-refractivity contribution in [2.24, 2.45) is 0 Å². The number of ketones is 1. The van der Waals surface area contributed by atoms with Gasteiger partial charge in [0.05, 0.1) is 14.2 Å². The quantitative estimate of drug-likeness (QED) is 0.663. The molecule has 0 aliphatic heterocycles. The van der Waals surface area contributed by atoms with Gasteiger partial charge >= 0.3 is 0 Å². The van der Waals surface area contributed by atoms with Crippen LogP contribution >= 0.6 is 0 Å². The van der Waals surface area contributed by atoms with E-state index >= 15 is 0 Å². The van der Waals surface area contributed by atoms with E-state index in [2.05, 4.69) is 6.92 Å². The monoisotopic (exact) mass is 179 g/mol. The van der Waals surface area contributed by atoms with Crippen molar-refractivity contribution in [2.45, 2.75) is 0 Å². The van der Waals surface area contributed by atoms with Crippen LogP contribution < -0.4 is 9.47 Å². The number of hydrogen-bond acceptors (Lipinski definition) is 3. The topological polar surface area (TPSA) is 35.5 Å². The van der Waals surface area contributed by atoms with Crippen molar-refractivity contribution in [1.29, 1.82) is 0 Å². The maximum atomic E-state index is 11.0. The van der Waals surface area contributed by atoms with Crippen LogP contribution in [0.1, 0.15) is 10.4 Å². The molecule has 0 aromatic heterocycles. The van der Waals surface area contributed by atoms with E-state index in [1.54, 1.807) is 18.2 Å². The number of Topliss-reactive ketones (excluding diaryl/α,β-unsaturated/α-hetero) is 1. The fourth-order valence-electron chi connectivity index (χ4n) is 0.968. The van der Waals surface area contributed by atoms with E-state index < -0.39 is 0 Å². The van der Waals surface area contributed by atoms with Crippen LogP contribution in [-0.2, 0) is 0 Å². The van der Waals surface area contributed by atoms with E-state index in [4.69, 9.17) is 9.47 Å². The van der Waals surface area contributed by atoms with Gasteiger partial charge in [0.1, 0.15) is 11.5 Å². The third-order valence-corrected chi connectivity index (χ3v) is 1.67. The lowest BCUT2D eigenvalue weighted by molar-refractivity contribution is 0.104. The third kappa shape index (κ3) is 2.21. The fourth-order valence-corrected chi connectivity index (χ4v) is 0.968. The summed E-state index contributed by atoms with van der Waals surface area (Å²) >= 11 is 0. The van der Waals surface area contributed by atoms with Crippen molar-refractivity contribution in [3.63, 3.8) is 0 Å². The van der Waals surface area contributed by atoms with Gasteiger partial charge in [-0.3, -0.25) is 4.79 Å². The van der Waals surface area contributed by atoms with Crippen molar-refractivity contribution in [3.8, 4) is 11.5 Å². The highest BCUT2D eigenvalue weighted by Crippen LogP contribution is 2.22. The first-order valence-corrected chi connectivity index (χ1v) is 3.76. The standard InChI is InChI=1S/C10H11O3/c1-7(11)8-4-9(12-2)6-10(5-8)13-3/h4-6H,1H2,2-3H3. The van der Waals surface area contributed by atoms with Crippen molar-refractivity contribution >= 4 is 5.78 Å². The molecule has 0 saturated heterocycles. The van der Waals surface area contributed by atoms with Crippen LogP contribution in [0.4, 0.5) is 0 Å². The molecule has 0 atom stereocenters. The number of benzene rings is 1. The number of rotatable bonds is 3. The van der Waals surface area contributed by atoms with Gasteiger partial charge in [-0.05, 0) is 12.1 Å². The van der Waals surface area contributed by atoms with Crippen LogP contribution in [0.3, 0.4) is 0 Å². The second-order valence-electron chi connectivity index (χ2n) is 2.52. The van der Waals surface area contributed by atoms with Crippen molar-refractivity contribution in [3.05, 3.63) is 30.7 Å². The normalized spacial score (nSPS) is 9.46. The summed E-state index contributed by atoms with van der Waals surface area (Å²) in [5.74, 6) is 0.926. The van der Waals surface area contributed by atoms with Gasteiger partial charge in [-0.25, -0.2) is 0 Å². The van der Waals surface area contributed by atoms with Gasteiger partial charge in [0.2, 0.25) is 0 Å². The Labute approximate surface area is 77.3 Å². The molecule has 1 aromatic rings. The lowest BCUT2D eigenvalue weighted by atomic mass is 10.1. The number of carbonyl (C=O) groups is 1. The van der Waals surface area contributed by atoms with Gasteiger partial charge in [-0.15, -0.1) is 0 Å². The zero-order valence-corrected chi connectivity index (χ0v) is 7.66. The number of carbonyl (C=O) groups excluding carboxylic acids is 1. The van der Waals surface area contributed by atoms with Crippen LogP contribution in [0.2, 0.25) is 0 Å². The lowest BCUT2D eigenvalue weighted by Crippen LogP contribution is -1.95. The molecule has 13 heavy (non-hydrogen) atoms. The second-order valence-corrected chi connectivity index (χ2v) is 2.52. The van der Waals surface area contributed by atoms with E-state index in [1.807, 2.05) is 0 Å². The molecule has 1 rings (SSSR count). The van der Waals surface area contributed by atoms with Gasteiger partial charge in [0.15, 0.2) is 5.78 Å². The van der Waals surface area contributed by atoms with Crippen molar-refractivity contribution in [2.75, 3.05) is 14.2 Å². The van der Waals surface area contributed by atoms with Gasteiger partial charge in [-0.2, -0.15) is 0 Å². The van der Waals surface area contributed by atoms with Crippen molar-refractivity contribution < 1.29 is 14.3 Å². The first kappa shape index (κ1) is 9.58. The molecule has 0 amide bonds. The summed E-state index contributed by atoms with van der Waals surface area (Å²) in [6, 6.07) is 4.95. The van der Waals surface area contributed by atoms with Gasteiger partial charge in [0.25, 0.3) is 0 Å². The predicted octanol–water partition coefficient (Wildman–Crippen LogP) is 1.72. The molecule has 0 heterocycles. The first-order valence-electron chi connectivity index (χ1n) is 3.76. The maximum Gasteiger partial charge on any atom is 0.163 e. The van der Waals surface area contributed by atoms with Gasteiger partial charge in [-0.1, -0.05) is 0 Å². The van der Waals surface area contributed by atoms with E-state index in [-0.39, 0.29) is 5.78 Å². The summed E-state index contributed by atoms with van der Waals surface area (Å²) in [6.07, 6.45) is 0. The van der Waals surface area contributed by atoms with Gasteiger partial charge in [0, 0.05) is 18.6 Å². The maximum absolute atomic E-state index is 11.0. The Morgan fingerprint density at radius 2 is 1.62 bits per heavy atom. The van der Waals surface area contributed by atoms with Crippen LogP contribution in [0.15, 0.2) is 18.2 Å². The molecule has 0 aliphatic carbocycles. The first-order chi connectivity index (χ1) is 6.17. The summed E-state index contributed by atoms with van der Waals surface area (Å²) in [5.41, 5.74) is 0.483. The highest BCUT2D eigenvalue weighted by Gasteiger charge is 2.04. The van der Waals surface area contributed by atoms with Gasteiger partial charge < -0.3 is 9.47 Å². The Bertz CT molecular complexity index is 296. The van der Waals surface area contributed by atoms with Crippen molar-refractivity contribution in [1.82, 2.24) is 0 Å². The molecule has 0 spiro atoms. The molecule has 3 heteroatoms. The average molecular weight is 179 g/mol. The smallest absolute Gasteiger partial charge is 0.163 e. The van der Waals surface area contributed by atoms with E-state index in [9.17, 15) is 4.79 Å². The fraction of sp³-hybridized carbons (Fsp3) is 0.200. The zero-order valence-electron chi connectivity index (χ0n) is 7.66. The Hall–Kier alpha value is -1.51. The molecule has 1 aromatic carbocycles. The molecule has 0 fully saturated rings. The number of methoxy groups -OCH3 is 2. The number of ether oxygens (including phenoxy) is 2.